The quantitative estimate of drug-likeness (QED) is 0.607. The van der Waals surface area contributed by atoms with Gasteiger partial charge in [-0.2, -0.15) is 0 Å². The smallest absolute Gasteiger partial charge is 0.263 e. The molecular formula is C20H18ClN3O3S. The van der Waals surface area contributed by atoms with Crippen LogP contribution in [0, 0.1) is 0 Å². The Hall–Kier alpha value is -2.90. The maximum Gasteiger partial charge on any atom is 0.263 e. The summed E-state index contributed by atoms with van der Waals surface area (Å²) < 4.78 is 27.1. The van der Waals surface area contributed by atoms with Gasteiger partial charge in [-0.25, -0.2) is 13.4 Å². The number of rotatable bonds is 7. The molecule has 0 bridgehead atoms. The lowest BCUT2D eigenvalue weighted by Gasteiger charge is -2.09. The van der Waals surface area contributed by atoms with Crippen molar-refractivity contribution in [3.05, 3.63) is 83.5 Å². The fourth-order valence-electron chi connectivity index (χ4n) is 2.47. The first-order valence-corrected chi connectivity index (χ1v) is 10.4. The molecule has 28 heavy (non-hydrogen) atoms. The maximum atomic E-state index is 12.4. The van der Waals surface area contributed by atoms with E-state index in [9.17, 15) is 13.2 Å². The number of anilines is 2. The Balaban J connectivity index is 1.57. The van der Waals surface area contributed by atoms with E-state index in [2.05, 4.69) is 15.0 Å². The molecule has 0 unspecified atom stereocenters. The SMILES string of the molecule is O=C(CCc1ccc(Cl)cc1)Nc1ccc(S(=O)(=O)Nc2ccccn2)cc1. The molecule has 0 saturated carbocycles. The summed E-state index contributed by atoms with van der Waals surface area (Å²) in [4.78, 5) is 16.1. The molecule has 6 nitrogen and oxygen atoms in total. The van der Waals surface area contributed by atoms with Crippen molar-refractivity contribution in [2.75, 3.05) is 10.0 Å². The number of nitrogens with one attached hydrogen (secondary N) is 2. The minimum absolute atomic E-state index is 0.0808. The molecule has 1 heterocycles. The Bertz CT molecular complexity index is 1040. The molecule has 8 heteroatoms. The van der Waals surface area contributed by atoms with E-state index in [4.69, 9.17) is 11.6 Å². The zero-order chi connectivity index (χ0) is 20.0. The summed E-state index contributed by atoms with van der Waals surface area (Å²) in [5, 5.41) is 3.41. The van der Waals surface area contributed by atoms with Crippen LogP contribution < -0.4 is 10.0 Å². The van der Waals surface area contributed by atoms with Crippen molar-refractivity contribution in [2.24, 2.45) is 0 Å². The molecule has 0 radical (unpaired) electrons. The van der Waals surface area contributed by atoms with Crippen molar-refractivity contribution in [3.8, 4) is 0 Å². The number of aromatic nitrogens is 1. The molecule has 0 fully saturated rings. The van der Waals surface area contributed by atoms with Gasteiger partial charge in [0.1, 0.15) is 5.82 Å². The number of carbonyl (C=O) groups excluding carboxylic acids is 1. The minimum Gasteiger partial charge on any atom is -0.326 e. The van der Waals surface area contributed by atoms with Crippen molar-refractivity contribution in [2.45, 2.75) is 17.7 Å². The van der Waals surface area contributed by atoms with Gasteiger partial charge in [0.15, 0.2) is 0 Å². The van der Waals surface area contributed by atoms with Gasteiger partial charge in [0.2, 0.25) is 5.91 Å². The average molecular weight is 416 g/mol. The van der Waals surface area contributed by atoms with E-state index >= 15 is 0 Å². The van der Waals surface area contributed by atoms with E-state index in [0.29, 0.717) is 23.6 Å². The van der Waals surface area contributed by atoms with Crippen LogP contribution in [-0.2, 0) is 21.2 Å². The molecule has 144 valence electrons. The number of pyridine rings is 1. The summed E-state index contributed by atoms with van der Waals surface area (Å²) in [5.74, 6) is 0.0826. The standard InChI is InChI=1S/C20H18ClN3O3S/c21-16-7-4-15(5-8-16)6-13-20(25)23-17-9-11-18(12-10-17)28(26,27)24-19-3-1-2-14-22-19/h1-5,7-12,14H,6,13H2,(H,22,24)(H,23,25). The molecule has 0 atom stereocenters. The second-order valence-corrected chi connectivity index (χ2v) is 8.14. The Labute approximate surface area is 168 Å². The van der Waals surface area contributed by atoms with Gasteiger partial charge < -0.3 is 5.32 Å². The van der Waals surface area contributed by atoms with Gasteiger partial charge in [-0.05, 0) is 60.5 Å². The number of sulfonamides is 1. The van der Waals surface area contributed by atoms with E-state index in [-0.39, 0.29) is 16.6 Å². The van der Waals surface area contributed by atoms with Crippen LogP contribution in [0.2, 0.25) is 5.02 Å². The lowest BCUT2D eigenvalue weighted by Crippen LogP contribution is -2.15. The molecule has 2 aromatic carbocycles. The maximum absolute atomic E-state index is 12.4. The minimum atomic E-state index is -3.74. The number of halogens is 1. The van der Waals surface area contributed by atoms with Crippen LogP contribution in [-0.4, -0.2) is 19.3 Å². The lowest BCUT2D eigenvalue weighted by molar-refractivity contribution is -0.116. The monoisotopic (exact) mass is 415 g/mol. The first kappa shape index (κ1) is 19.9. The van der Waals surface area contributed by atoms with E-state index in [1.165, 1.54) is 18.3 Å². The Kier molecular flexibility index (Phi) is 6.28. The molecule has 0 spiro atoms. The molecule has 0 saturated heterocycles. The fourth-order valence-corrected chi connectivity index (χ4v) is 3.60. The second kappa shape index (κ2) is 8.86. The molecule has 1 aromatic heterocycles. The predicted molar refractivity (Wildman–Crippen MR) is 110 cm³/mol. The molecule has 3 rings (SSSR count). The number of aryl methyl sites for hydroxylation is 1. The van der Waals surface area contributed by atoms with E-state index in [1.54, 1.807) is 42.5 Å². The van der Waals surface area contributed by atoms with Crippen LogP contribution in [0.5, 0.6) is 0 Å². The van der Waals surface area contributed by atoms with Crippen molar-refractivity contribution in [1.29, 1.82) is 0 Å². The van der Waals surface area contributed by atoms with E-state index in [0.717, 1.165) is 5.56 Å². The highest BCUT2D eigenvalue weighted by Crippen LogP contribution is 2.17. The summed E-state index contributed by atoms with van der Waals surface area (Å²) in [7, 11) is -3.74. The van der Waals surface area contributed by atoms with Gasteiger partial charge in [-0.15, -0.1) is 0 Å². The highest BCUT2D eigenvalue weighted by Gasteiger charge is 2.14. The van der Waals surface area contributed by atoms with Gasteiger partial charge >= 0.3 is 0 Å². The van der Waals surface area contributed by atoms with Crippen LogP contribution in [0.1, 0.15) is 12.0 Å². The van der Waals surface area contributed by atoms with Crippen LogP contribution in [0.15, 0.2) is 77.8 Å². The summed E-state index contributed by atoms with van der Waals surface area (Å²) in [6.45, 7) is 0. The molecule has 1 amide bonds. The fraction of sp³-hybridized carbons (Fsp3) is 0.100. The van der Waals surface area contributed by atoms with E-state index in [1.807, 2.05) is 12.1 Å². The largest absolute Gasteiger partial charge is 0.326 e. The number of amides is 1. The Morgan fingerprint density at radius 1 is 0.964 bits per heavy atom. The van der Waals surface area contributed by atoms with Crippen LogP contribution in [0.4, 0.5) is 11.5 Å². The molecule has 0 aliphatic carbocycles. The topological polar surface area (TPSA) is 88.2 Å². The number of carbonyl (C=O) groups is 1. The van der Waals surface area contributed by atoms with Crippen LogP contribution >= 0.6 is 11.6 Å². The normalized spacial score (nSPS) is 11.0. The van der Waals surface area contributed by atoms with E-state index < -0.39 is 10.0 Å². The molecule has 2 N–H and O–H groups in total. The summed E-state index contributed by atoms with van der Waals surface area (Å²) in [5.41, 5.74) is 1.54. The van der Waals surface area contributed by atoms with Crippen LogP contribution in [0.3, 0.4) is 0 Å². The third-order valence-electron chi connectivity index (χ3n) is 3.91. The zero-order valence-corrected chi connectivity index (χ0v) is 16.4. The van der Waals surface area contributed by atoms with Gasteiger partial charge in [-0.1, -0.05) is 29.8 Å². The number of hydrogen-bond acceptors (Lipinski definition) is 4. The molecule has 0 aliphatic rings. The van der Waals surface area contributed by atoms with Crippen LogP contribution in [0.25, 0.3) is 0 Å². The Morgan fingerprint density at radius 2 is 1.68 bits per heavy atom. The van der Waals surface area contributed by atoms with Gasteiger partial charge in [-0.3, -0.25) is 9.52 Å². The first-order valence-electron chi connectivity index (χ1n) is 8.51. The highest BCUT2D eigenvalue weighted by molar-refractivity contribution is 7.92. The van der Waals surface area contributed by atoms with Crippen molar-refractivity contribution in [3.63, 3.8) is 0 Å². The first-order chi connectivity index (χ1) is 13.4. The summed E-state index contributed by atoms with van der Waals surface area (Å²) in [6, 6.07) is 18.2. The number of hydrogen-bond donors (Lipinski definition) is 2. The molecule has 0 aliphatic heterocycles. The lowest BCUT2D eigenvalue weighted by atomic mass is 10.1. The highest BCUT2D eigenvalue weighted by atomic mass is 35.5. The average Bonchev–Trinajstić information content (AvgIpc) is 2.68. The predicted octanol–water partition coefficient (Wildman–Crippen LogP) is 4.11. The summed E-state index contributed by atoms with van der Waals surface area (Å²) >= 11 is 5.84. The van der Waals surface area contributed by atoms with Gasteiger partial charge in [0.25, 0.3) is 10.0 Å². The summed E-state index contributed by atoms with van der Waals surface area (Å²) in [6.07, 6.45) is 2.40. The van der Waals surface area contributed by atoms with Crippen molar-refractivity contribution in [1.82, 2.24) is 4.98 Å². The zero-order valence-electron chi connectivity index (χ0n) is 14.8. The van der Waals surface area contributed by atoms with Crippen molar-refractivity contribution < 1.29 is 13.2 Å². The third-order valence-corrected chi connectivity index (χ3v) is 5.53. The molecule has 3 aromatic rings. The second-order valence-electron chi connectivity index (χ2n) is 6.02. The van der Waals surface area contributed by atoms with Crippen molar-refractivity contribution >= 4 is 39.0 Å². The number of nitrogens with zero attached hydrogens (tertiary/aromatic N) is 1. The van der Waals surface area contributed by atoms with Gasteiger partial charge in [0.05, 0.1) is 4.90 Å². The third kappa shape index (κ3) is 5.55. The van der Waals surface area contributed by atoms with Gasteiger partial charge in [0, 0.05) is 23.3 Å². The molecular weight excluding hydrogens is 398 g/mol. The Morgan fingerprint density at radius 3 is 2.32 bits per heavy atom. The number of benzene rings is 2.